The van der Waals surface area contributed by atoms with Crippen molar-refractivity contribution in [2.45, 2.75) is 117 Å². The third-order valence-electron chi connectivity index (χ3n) is 11.5. The standard InChI is InChI=1S/C41H63N7O6/c1-11-26(6)36(47(9)41(51)35(25(4)5)45-39(50)34(42-8)24(2)3)33-23-32(40(46-52)54-33)48-22-14-17-31(48)37(53-10)27(7)38(49)44-21-19-28-18-20-43-30-16-13-12-15-29(28)30/h12-13,15-16,18,20,24-27,31,33-37,42H,11,14,17,19,21-23H2,1-10H3,(H,44,49)(H,45,50)/t26-,27+,31-,33+,34-,35-,36?,37+/m0/s1. The summed E-state index contributed by atoms with van der Waals surface area (Å²) in [6.07, 6.45) is 4.23. The van der Waals surface area contributed by atoms with Gasteiger partial charge in [-0.05, 0) is 61.8 Å². The number of rotatable bonds is 19. The van der Waals surface area contributed by atoms with E-state index in [2.05, 4.69) is 44.9 Å². The second kappa shape index (κ2) is 19.5. The molecule has 4 rings (SSSR count). The van der Waals surface area contributed by atoms with Crippen LogP contribution in [0.1, 0.15) is 79.7 Å². The first-order valence-electron chi connectivity index (χ1n) is 19.7. The van der Waals surface area contributed by atoms with Crippen LogP contribution in [0.3, 0.4) is 0 Å². The molecular formula is C41H63N7O6. The molecule has 13 heteroatoms. The van der Waals surface area contributed by atoms with Crippen molar-refractivity contribution >= 4 is 28.6 Å². The van der Waals surface area contributed by atoms with Gasteiger partial charge in [0.15, 0.2) is 0 Å². The Kier molecular flexibility index (Phi) is 15.4. The normalized spacial score (nSPS) is 20.7. The Balaban J connectivity index is 1.48. The number of nitroso groups, excluding NO2 is 1. The van der Waals surface area contributed by atoms with Crippen LogP contribution >= 0.6 is 0 Å². The van der Waals surface area contributed by atoms with Crippen LogP contribution in [-0.4, -0.2) is 103 Å². The topological polar surface area (TPSA) is 155 Å². The Hall–Kier alpha value is -4.10. The number of para-hydroxylation sites is 1. The third kappa shape index (κ3) is 9.57. The van der Waals surface area contributed by atoms with Crippen LogP contribution in [0, 0.1) is 28.6 Å². The number of pyridine rings is 1. The smallest absolute Gasteiger partial charge is 0.275 e. The molecule has 0 aliphatic carbocycles. The molecule has 2 aromatic rings. The summed E-state index contributed by atoms with van der Waals surface area (Å²) in [7, 11) is 5.12. The van der Waals surface area contributed by atoms with Gasteiger partial charge < -0.3 is 35.2 Å². The molecule has 1 unspecified atom stereocenters. The SMILES string of the molecule is CC[C@H](C)C([C@H]1CC(N2CCC[C@H]2[C@H](OC)[C@@H](C)C(=O)NCCc2ccnc3ccccc23)=C(N=O)O1)N(C)C(=O)[C@@H](NC(=O)[C@@H](NC)C(C)C)C(C)C. The van der Waals surface area contributed by atoms with Gasteiger partial charge in [0.25, 0.3) is 5.88 Å². The molecule has 1 aromatic heterocycles. The van der Waals surface area contributed by atoms with E-state index in [1.54, 1.807) is 32.3 Å². The lowest BCUT2D eigenvalue weighted by Gasteiger charge is -2.39. The average molecular weight is 750 g/mol. The Morgan fingerprint density at radius 2 is 1.76 bits per heavy atom. The number of fused-ring (bicyclic) bond motifs is 1. The lowest BCUT2D eigenvalue weighted by atomic mass is 9.89. The highest BCUT2D eigenvalue weighted by atomic mass is 16.5. The number of hydrogen-bond donors (Lipinski definition) is 3. The molecule has 0 bridgehead atoms. The summed E-state index contributed by atoms with van der Waals surface area (Å²) < 4.78 is 12.4. The van der Waals surface area contributed by atoms with Crippen molar-refractivity contribution in [2.75, 3.05) is 34.3 Å². The van der Waals surface area contributed by atoms with Crippen LogP contribution in [-0.2, 0) is 30.3 Å². The van der Waals surface area contributed by atoms with E-state index in [0.29, 0.717) is 31.6 Å². The molecule has 3 amide bonds. The predicted octanol–water partition coefficient (Wildman–Crippen LogP) is 4.99. The molecule has 13 nitrogen and oxygen atoms in total. The van der Waals surface area contributed by atoms with E-state index >= 15 is 0 Å². The minimum atomic E-state index is -0.747. The summed E-state index contributed by atoms with van der Waals surface area (Å²) in [5.74, 6) is -1.11. The molecule has 0 saturated carbocycles. The van der Waals surface area contributed by atoms with Crippen LogP contribution in [0.25, 0.3) is 10.9 Å². The monoisotopic (exact) mass is 749 g/mol. The first kappa shape index (κ1) is 42.6. The maximum Gasteiger partial charge on any atom is 0.275 e. The fourth-order valence-corrected chi connectivity index (χ4v) is 8.33. The van der Waals surface area contributed by atoms with Crippen LogP contribution in [0.4, 0.5) is 0 Å². The largest absolute Gasteiger partial charge is 0.468 e. The number of benzene rings is 1. The summed E-state index contributed by atoms with van der Waals surface area (Å²) >= 11 is 0. The zero-order chi connectivity index (χ0) is 39.7. The fourth-order valence-electron chi connectivity index (χ4n) is 8.33. The van der Waals surface area contributed by atoms with Gasteiger partial charge in [0, 0.05) is 50.4 Å². The number of nitrogens with one attached hydrogen (secondary N) is 3. The average Bonchev–Trinajstić information content (AvgIpc) is 3.81. The van der Waals surface area contributed by atoms with Crippen molar-refractivity contribution in [3.05, 3.63) is 58.6 Å². The molecule has 298 valence electrons. The molecule has 2 aliphatic heterocycles. The number of ether oxygens (including phenoxy) is 2. The summed E-state index contributed by atoms with van der Waals surface area (Å²) in [5.41, 5.74) is 2.72. The quantitative estimate of drug-likeness (QED) is 0.169. The highest BCUT2D eigenvalue weighted by Gasteiger charge is 2.46. The number of likely N-dealkylation sites (N-methyl/N-ethyl adjacent to an activating group) is 2. The van der Waals surface area contributed by atoms with Crippen LogP contribution in [0.2, 0.25) is 0 Å². The highest BCUT2D eigenvalue weighted by molar-refractivity contribution is 5.90. The van der Waals surface area contributed by atoms with Gasteiger partial charge in [-0.25, -0.2) is 0 Å². The molecule has 3 heterocycles. The summed E-state index contributed by atoms with van der Waals surface area (Å²) in [4.78, 5) is 61.6. The zero-order valence-corrected chi connectivity index (χ0v) is 33.9. The number of nitrogens with zero attached hydrogens (tertiary/aromatic N) is 4. The van der Waals surface area contributed by atoms with Gasteiger partial charge in [0.1, 0.15) is 12.1 Å². The number of aromatic nitrogens is 1. The molecule has 1 saturated heterocycles. The van der Waals surface area contributed by atoms with E-state index in [9.17, 15) is 19.3 Å². The molecule has 3 N–H and O–H groups in total. The number of hydrogen-bond acceptors (Lipinski definition) is 10. The number of likely N-dealkylation sites (tertiary alicyclic amines) is 1. The van der Waals surface area contributed by atoms with Crippen LogP contribution in [0.15, 0.2) is 53.3 Å². The summed E-state index contributed by atoms with van der Waals surface area (Å²) in [5, 5.41) is 13.6. The lowest BCUT2D eigenvalue weighted by Crippen LogP contribution is -2.59. The van der Waals surface area contributed by atoms with Crippen molar-refractivity contribution in [2.24, 2.45) is 28.8 Å². The van der Waals surface area contributed by atoms with Gasteiger partial charge >= 0.3 is 0 Å². The van der Waals surface area contributed by atoms with E-state index in [0.717, 1.165) is 35.7 Å². The highest BCUT2D eigenvalue weighted by Crippen LogP contribution is 2.39. The molecule has 0 radical (unpaired) electrons. The Morgan fingerprint density at radius 1 is 1.06 bits per heavy atom. The van der Waals surface area contributed by atoms with E-state index in [-0.39, 0.29) is 47.4 Å². The van der Waals surface area contributed by atoms with Gasteiger partial charge in [-0.15, -0.1) is 4.91 Å². The maximum absolute atomic E-state index is 14.2. The Morgan fingerprint density at radius 3 is 2.39 bits per heavy atom. The minimum absolute atomic E-state index is 0.00962. The molecule has 54 heavy (non-hydrogen) atoms. The molecule has 0 spiro atoms. The van der Waals surface area contributed by atoms with Gasteiger partial charge in [0.05, 0.1) is 41.4 Å². The number of amides is 3. The maximum atomic E-state index is 14.2. The minimum Gasteiger partial charge on any atom is -0.468 e. The molecular weight excluding hydrogens is 686 g/mol. The number of carbonyl (C=O) groups excluding carboxylic acids is 3. The fraction of sp³-hybridized carbons (Fsp3) is 0.659. The molecule has 2 aliphatic rings. The van der Waals surface area contributed by atoms with Crippen molar-refractivity contribution in [3.63, 3.8) is 0 Å². The molecule has 1 fully saturated rings. The van der Waals surface area contributed by atoms with E-state index in [4.69, 9.17) is 9.47 Å². The van der Waals surface area contributed by atoms with Crippen molar-refractivity contribution in [1.29, 1.82) is 0 Å². The van der Waals surface area contributed by atoms with Crippen LogP contribution < -0.4 is 16.0 Å². The van der Waals surface area contributed by atoms with Gasteiger partial charge in [0.2, 0.25) is 17.7 Å². The van der Waals surface area contributed by atoms with E-state index in [1.165, 1.54) is 0 Å². The summed E-state index contributed by atoms with van der Waals surface area (Å²) in [6.45, 7) is 14.9. The molecule has 8 atom stereocenters. The third-order valence-corrected chi connectivity index (χ3v) is 11.5. The van der Waals surface area contributed by atoms with E-state index < -0.39 is 36.3 Å². The first-order valence-corrected chi connectivity index (χ1v) is 19.7. The first-order chi connectivity index (χ1) is 25.8. The van der Waals surface area contributed by atoms with Gasteiger partial charge in [-0.2, -0.15) is 0 Å². The van der Waals surface area contributed by atoms with Crippen molar-refractivity contribution in [1.82, 2.24) is 30.7 Å². The zero-order valence-electron chi connectivity index (χ0n) is 33.9. The summed E-state index contributed by atoms with van der Waals surface area (Å²) in [6, 6.07) is 8.20. The second-order valence-electron chi connectivity index (χ2n) is 15.7. The lowest BCUT2D eigenvalue weighted by molar-refractivity contribution is -0.142. The van der Waals surface area contributed by atoms with Crippen molar-refractivity contribution < 1.29 is 23.9 Å². The molecule has 1 aromatic carbocycles. The number of methoxy groups -OCH3 is 1. The van der Waals surface area contributed by atoms with Crippen LogP contribution in [0.5, 0.6) is 0 Å². The van der Waals surface area contributed by atoms with Gasteiger partial charge in [-0.1, -0.05) is 73.1 Å². The predicted molar refractivity (Wildman–Crippen MR) is 211 cm³/mol. The van der Waals surface area contributed by atoms with E-state index in [1.807, 2.05) is 65.0 Å². The Bertz CT molecular complexity index is 1630. The second-order valence-corrected chi connectivity index (χ2v) is 15.7. The Labute approximate surface area is 321 Å². The number of carbonyl (C=O) groups is 3. The van der Waals surface area contributed by atoms with Gasteiger partial charge in [-0.3, -0.25) is 19.4 Å². The van der Waals surface area contributed by atoms with Crippen molar-refractivity contribution in [3.8, 4) is 0 Å².